The van der Waals surface area contributed by atoms with Crippen LogP contribution in [0.2, 0.25) is 0 Å². The van der Waals surface area contributed by atoms with Crippen molar-refractivity contribution in [3.8, 4) is 11.9 Å². The van der Waals surface area contributed by atoms with Crippen molar-refractivity contribution in [1.29, 1.82) is 5.26 Å². The molecule has 2 heterocycles. The molecule has 2 rings (SSSR count). The van der Waals surface area contributed by atoms with Crippen molar-refractivity contribution in [3.63, 3.8) is 0 Å². The van der Waals surface area contributed by atoms with Crippen molar-refractivity contribution < 1.29 is 9.53 Å². The maximum atomic E-state index is 11.7. The Kier molecular flexibility index (Phi) is 4.27. The van der Waals surface area contributed by atoms with Gasteiger partial charge in [-0.1, -0.05) is 13.8 Å². The van der Waals surface area contributed by atoms with Crippen LogP contribution in [0, 0.1) is 11.3 Å². The van der Waals surface area contributed by atoms with Gasteiger partial charge in [-0.2, -0.15) is 5.26 Å². The summed E-state index contributed by atoms with van der Waals surface area (Å²) in [5.74, 6) is 0.455. The van der Waals surface area contributed by atoms with Crippen LogP contribution in [0.1, 0.15) is 30.3 Å². The molecule has 0 saturated carbocycles. The fraction of sp³-hybridized carbons (Fsp3) is 0.231. The third kappa shape index (κ3) is 3.52. The van der Waals surface area contributed by atoms with Crippen LogP contribution in [0.15, 0.2) is 23.6 Å². The van der Waals surface area contributed by atoms with Gasteiger partial charge in [0.05, 0.1) is 5.69 Å². The second-order valence-corrected chi connectivity index (χ2v) is 5.22. The van der Waals surface area contributed by atoms with Gasteiger partial charge in [-0.05, 0) is 18.1 Å². The molecule has 102 valence electrons. The Morgan fingerprint density at radius 2 is 2.25 bits per heavy atom. The Morgan fingerprint density at radius 1 is 1.45 bits per heavy atom. The van der Waals surface area contributed by atoms with Crippen LogP contribution in [0.4, 0.5) is 10.5 Å². The van der Waals surface area contributed by atoms with E-state index in [2.05, 4.69) is 29.4 Å². The summed E-state index contributed by atoms with van der Waals surface area (Å²) in [4.78, 5) is 12.8. The van der Waals surface area contributed by atoms with Crippen molar-refractivity contribution in [1.82, 2.24) is 10.2 Å². The molecule has 0 aliphatic rings. The summed E-state index contributed by atoms with van der Waals surface area (Å²) in [6.45, 7) is 4.17. The van der Waals surface area contributed by atoms with E-state index in [4.69, 9.17) is 10.00 Å². The molecule has 0 fully saturated rings. The standard InChI is InChI=1S/C13H12N4O2S/c1-8(2)11-5-10(7-20-11)15-13(18)19-12-4-3-9(6-14)16-17-12/h3-5,7-8H,1-2H3,(H,15,18). The third-order valence-corrected chi connectivity index (χ3v) is 3.62. The Labute approximate surface area is 120 Å². The molecular weight excluding hydrogens is 276 g/mol. The summed E-state index contributed by atoms with van der Waals surface area (Å²) in [5.41, 5.74) is 0.850. The quantitative estimate of drug-likeness (QED) is 0.937. The molecular formula is C13H12N4O2S. The van der Waals surface area contributed by atoms with Crippen LogP contribution in [-0.4, -0.2) is 16.3 Å². The first kappa shape index (κ1) is 14.0. The van der Waals surface area contributed by atoms with Crippen LogP contribution in [-0.2, 0) is 0 Å². The molecule has 1 N–H and O–H groups in total. The largest absolute Gasteiger partial charge is 0.418 e. The zero-order valence-electron chi connectivity index (χ0n) is 11.0. The number of nitriles is 1. The lowest BCUT2D eigenvalue weighted by Gasteiger charge is -2.03. The number of carbonyl (C=O) groups is 1. The van der Waals surface area contributed by atoms with E-state index in [0.29, 0.717) is 11.6 Å². The average molecular weight is 288 g/mol. The lowest BCUT2D eigenvalue weighted by atomic mass is 10.2. The molecule has 0 aliphatic heterocycles. The number of nitrogens with one attached hydrogen (secondary N) is 1. The minimum Gasteiger partial charge on any atom is -0.389 e. The van der Waals surface area contributed by atoms with Crippen LogP contribution in [0.5, 0.6) is 5.88 Å². The maximum absolute atomic E-state index is 11.7. The fourth-order valence-electron chi connectivity index (χ4n) is 1.39. The number of thiophene rings is 1. The zero-order chi connectivity index (χ0) is 14.5. The van der Waals surface area contributed by atoms with E-state index in [1.165, 1.54) is 17.0 Å². The molecule has 0 radical (unpaired) electrons. The van der Waals surface area contributed by atoms with Gasteiger partial charge in [0.2, 0.25) is 5.88 Å². The monoisotopic (exact) mass is 288 g/mol. The molecule has 0 saturated heterocycles. The van der Waals surface area contributed by atoms with Crippen molar-refractivity contribution in [2.75, 3.05) is 5.32 Å². The minimum absolute atomic E-state index is 0.0424. The van der Waals surface area contributed by atoms with Crippen LogP contribution < -0.4 is 10.1 Å². The highest BCUT2D eigenvalue weighted by molar-refractivity contribution is 7.10. The van der Waals surface area contributed by atoms with E-state index < -0.39 is 6.09 Å². The summed E-state index contributed by atoms with van der Waals surface area (Å²) in [6.07, 6.45) is -0.642. The Morgan fingerprint density at radius 3 is 2.80 bits per heavy atom. The van der Waals surface area contributed by atoms with Gasteiger partial charge in [-0.15, -0.1) is 21.5 Å². The summed E-state index contributed by atoms with van der Waals surface area (Å²) in [6, 6.07) is 6.58. The molecule has 0 spiro atoms. The molecule has 0 bridgehead atoms. The van der Waals surface area contributed by atoms with Gasteiger partial charge in [0.1, 0.15) is 6.07 Å². The Bertz CT molecular complexity index is 643. The number of ether oxygens (including phenoxy) is 1. The van der Waals surface area contributed by atoms with E-state index in [-0.39, 0.29) is 11.6 Å². The van der Waals surface area contributed by atoms with Crippen molar-refractivity contribution >= 4 is 23.1 Å². The summed E-state index contributed by atoms with van der Waals surface area (Å²) in [5, 5.41) is 20.2. The van der Waals surface area contributed by atoms with Gasteiger partial charge in [-0.3, -0.25) is 5.32 Å². The zero-order valence-corrected chi connectivity index (χ0v) is 11.8. The molecule has 1 amide bonds. The number of nitrogens with zero attached hydrogens (tertiary/aromatic N) is 3. The van der Waals surface area contributed by atoms with Gasteiger partial charge in [0.15, 0.2) is 5.69 Å². The van der Waals surface area contributed by atoms with E-state index >= 15 is 0 Å². The van der Waals surface area contributed by atoms with Crippen LogP contribution >= 0.6 is 11.3 Å². The molecule has 2 aromatic heterocycles. The summed E-state index contributed by atoms with van der Waals surface area (Å²) < 4.78 is 4.96. The normalized spacial score (nSPS) is 10.1. The molecule has 7 heteroatoms. The number of carbonyl (C=O) groups excluding carboxylic acids is 1. The highest BCUT2D eigenvalue weighted by Crippen LogP contribution is 2.26. The van der Waals surface area contributed by atoms with Gasteiger partial charge >= 0.3 is 6.09 Å². The van der Waals surface area contributed by atoms with E-state index in [9.17, 15) is 4.79 Å². The molecule has 2 aromatic rings. The van der Waals surface area contributed by atoms with E-state index in [1.807, 2.05) is 17.5 Å². The first-order valence-electron chi connectivity index (χ1n) is 5.89. The maximum Gasteiger partial charge on any atom is 0.418 e. The topological polar surface area (TPSA) is 87.9 Å². The van der Waals surface area contributed by atoms with Crippen molar-refractivity contribution in [2.24, 2.45) is 0 Å². The summed E-state index contributed by atoms with van der Waals surface area (Å²) in [7, 11) is 0. The first-order chi connectivity index (χ1) is 9.58. The Hall–Kier alpha value is -2.46. The van der Waals surface area contributed by atoms with E-state index in [0.717, 1.165) is 0 Å². The fourth-order valence-corrected chi connectivity index (χ4v) is 2.25. The lowest BCUT2D eigenvalue weighted by molar-refractivity contribution is 0.213. The first-order valence-corrected chi connectivity index (χ1v) is 6.77. The molecule has 0 aliphatic carbocycles. The second kappa shape index (κ2) is 6.12. The smallest absolute Gasteiger partial charge is 0.389 e. The van der Waals surface area contributed by atoms with Crippen LogP contribution in [0.25, 0.3) is 0 Å². The third-order valence-electron chi connectivity index (χ3n) is 2.39. The number of hydrogen-bond acceptors (Lipinski definition) is 6. The average Bonchev–Trinajstić information content (AvgIpc) is 2.88. The van der Waals surface area contributed by atoms with Gasteiger partial charge in [-0.25, -0.2) is 4.79 Å². The number of anilines is 1. The molecule has 0 atom stereocenters. The number of hydrogen-bond donors (Lipinski definition) is 1. The van der Waals surface area contributed by atoms with Gasteiger partial charge in [0, 0.05) is 16.3 Å². The second-order valence-electron chi connectivity index (χ2n) is 4.28. The molecule has 0 aromatic carbocycles. The predicted octanol–water partition coefficient (Wildman–Crippen LogP) is 3.14. The number of amides is 1. The van der Waals surface area contributed by atoms with Gasteiger partial charge in [0.25, 0.3) is 0 Å². The predicted molar refractivity (Wildman–Crippen MR) is 74.8 cm³/mol. The van der Waals surface area contributed by atoms with E-state index in [1.54, 1.807) is 11.3 Å². The summed E-state index contributed by atoms with van der Waals surface area (Å²) >= 11 is 1.58. The lowest BCUT2D eigenvalue weighted by Crippen LogP contribution is -2.17. The number of aromatic nitrogens is 2. The Balaban J connectivity index is 1.96. The van der Waals surface area contributed by atoms with Crippen molar-refractivity contribution in [2.45, 2.75) is 19.8 Å². The SMILES string of the molecule is CC(C)c1cc(NC(=O)Oc2ccc(C#N)nn2)cs1. The molecule has 0 unspecified atom stereocenters. The van der Waals surface area contributed by atoms with Gasteiger partial charge < -0.3 is 4.74 Å². The molecule has 6 nitrogen and oxygen atoms in total. The number of rotatable bonds is 3. The molecule has 20 heavy (non-hydrogen) atoms. The highest BCUT2D eigenvalue weighted by Gasteiger charge is 2.09. The van der Waals surface area contributed by atoms with Crippen molar-refractivity contribution in [3.05, 3.63) is 34.2 Å². The van der Waals surface area contributed by atoms with Crippen LogP contribution in [0.3, 0.4) is 0 Å². The highest BCUT2D eigenvalue weighted by atomic mass is 32.1. The minimum atomic E-state index is -0.642.